The maximum Gasteiger partial charge on any atom is 0.166 e. The molecule has 0 spiro atoms. The van der Waals surface area contributed by atoms with E-state index in [1.165, 1.54) is 0 Å². The molecule has 94 valence electrons. The van der Waals surface area contributed by atoms with Gasteiger partial charge in [-0.25, -0.2) is 0 Å². The molecule has 1 aromatic carbocycles. The lowest BCUT2D eigenvalue weighted by molar-refractivity contribution is 0.181. The summed E-state index contributed by atoms with van der Waals surface area (Å²) in [5.74, 6) is 0.775. The van der Waals surface area contributed by atoms with Crippen LogP contribution in [0.2, 0.25) is 0 Å². The van der Waals surface area contributed by atoms with E-state index in [0.29, 0.717) is 11.7 Å². The van der Waals surface area contributed by atoms with Crippen LogP contribution < -0.4 is 15.4 Å². The van der Waals surface area contributed by atoms with E-state index in [-0.39, 0.29) is 0 Å². The van der Waals surface area contributed by atoms with Gasteiger partial charge in [0.25, 0.3) is 0 Å². The fourth-order valence-electron chi connectivity index (χ4n) is 1.36. The second-order valence-corrected chi connectivity index (χ2v) is 3.94. The van der Waals surface area contributed by atoms with Crippen molar-refractivity contribution in [2.75, 3.05) is 20.2 Å². The van der Waals surface area contributed by atoms with Gasteiger partial charge in [-0.15, -0.1) is 0 Å². The Hall–Kier alpha value is -1.33. The molecule has 0 saturated heterocycles. The zero-order valence-electron chi connectivity index (χ0n) is 10.1. The summed E-state index contributed by atoms with van der Waals surface area (Å²) in [6.45, 7) is 3.12. The lowest BCUT2D eigenvalue weighted by atomic mass is 10.1. The van der Waals surface area contributed by atoms with Crippen LogP contribution in [0.4, 0.5) is 0 Å². The number of rotatable bonds is 5. The van der Waals surface area contributed by atoms with Gasteiger partial charge in [-0.05, 0) is 36.8 Å². The topological polar surface area (TPSA) is 53.5 Å². The lowest BCUT2D eigenvalue weighted by Crippen LogP contribution is -2.37. The molecule has 5 heteroatoms. The van der Waals surface area contributed by atoms with E-state index in [1.54, 1.807) is 7.11 Å². The van der Waals surface area contributed by atoms with Crippen LogP contribution in [0.15, 0.2) is 24.3 Å². The molecule has 0 aliphatic carbocycles. The molecule has 0 aromatic heterocycles. The summed E-state index contributed by atoms with van der Waals surface area (Å²) >= 11 is 5.01. The minimum absolute atomic E-state index is 0.387. The van der Waals surface area contributed by atoms with Gasteiger partial charge in [-0.2, -0.15) is 0 Å². The van der Waals surface area contributed by atoms with Crippen molar-refractivity contribution in [2.45, 2.75) is 13.0 Å². The minimum Gasteiger partial charge on any atom is -0.497 e. The molecular formula is C12H18N2O2S. The average Bonchev–Trinajstić information content (AvgIpc) is 2.36. The van der Waals surface area contributed by atoms with Gasteiger partial charge >= 0.3 is 0 Å². The van der Waals surface area contributed by atoms with Crippen molar-refractivity contribution < 1.29 is 9.84 Å². The van der Waals surface area contributed by atoms with Gasteiger partial charge in [0.2, 0.25) is 0 Å². The van der Waals surface area contributed by atoms with E-state index in [1.807, 2.05) is 31.2 Å². The van der Waals surface area contributed by atoms with Crippen LogP contribution in [-0.4, -0.2) is 30.4 Å². The van der Waals surface area contributed by atoms with Gasteiger partial charge in [-0.3, -0.25) is 0 Å². The third-order valence-corrected chi connectivity index (χ3v) is 2.58. The van der Waals surface area contributed by atoms with Gasteiger partial charge in [0.1, 0.15) is 5.75 Å². The highest BCUT2D eigenvalue weighted by Gasteiger charge is 2.07. The molecule has 0 saturated carbocycles. The molecule has 4 nitrogen and oxygen atoms in total. The number of methoxy groups -OCH3 is 1. The summed E-state index contributed by atoms with van der Waals surface area (Å²) < 4.78 is 5.05. The second kappa shape index (κ2) is 7.09. The first kappa shape index (κ1) is 13.7. The molecule has 0 bridgehead atoms. The molecule has 1 rings (SSSR count). The smallest absolute Gasteiger partial charge is 0.166 e. The number of ether oxygens (including phenoxy) is 1. The van der Waals surface area contributed by atoms with Crippen LogP contribution in [0.1, 0.15) is 18.6 Å². The van der Waals surface area contributed by atoms with Crippen molar-refractivity contribution in [3.8, 4) is 5.75 Å². The third kappa shape index (κ3) is 4.58. The summed E-state index contributed by atoms with van der Waals surface area (Å²) in [7, 11) is 1.61. The van der Waals surface area contributed by atoms with Gasteiger partial charge in [0, 0.05) is 13.1 Å². The van der Waals surface area contributed by atoms with Gasteiger partial charge < -0.3 is 20.5 Å². The molecule has 1 unspecified atom stereocenters. The number of thiocarbonyl (C=S) groups is 1. The molecule has 1 atom stereocenters. The fourth-order valence-corrected chi connectivity index (χ4v) is 1.58. The predicted octanol–water partition coefficient (Wildman–Crippen LogP) is 1.21. The molecule has 0 fully saturated rings. The molecule has 0 aliphatic rings. The maximum atomic E-state index is 9.91. The Kier molecular flexibility index (Phi) is 5.72. The Morgan fingerprint density at radius 1 is 1.35 bits per heavy atom. The first-order chi connectivity index (χ1) is 8.17. The summed E-state index contributed by atoms with van der Waals surface area (Å²) in [6.07, 6.45) is -0.586. The summed E-state index contributed by atoms with van der Waals surface area (Å²) in [6, 6.07) is 7.31. The monoisotopic (exact) mass is 254 g/mol. The highest BCUT2D eigenvalue weighted by Crippen LogP contribution is 2.16. The van der Waals surface area contributed by atoms with E-state index < -0.39 is 6.10 Å². The molecule has 3 N–H and O–H groups in total. The number of benzene rings is 1. The van der Waals surface area contributed by atoms with Crippen molar-refractivity contribution in [3.05, 3.63) is 29.8 Å². The summed E-state index contributed by atoms with van der Waals surface area (Å²) in [4.78, 5) is 0. The highest BCUT2D eigenvalue weighted by molar-refractivity contribution is 7.80. The Morgan fingerprint density at radius 2 is 2.00 bits per heavy atom. The van der Waals surface area contributed by atoms with E-state index >= 15 is 0 Å². The zero-order chi connectivity index (χ0) is 12.7. The van der Waals surface area contributed by atoms with E-state index in [4.69, 9.17) is 17.0 Å². The maximum absolute atomic E-state index is 9.91. The number of hydrogen-bond acceptors (Lipinski definition) is 3. The quantitative estimate of drug-likeness (QED) is 0.690. The van der Waals surface area contributed by atoms with Crippen molar-refractivity contribution in [2.24, 2.45) is 0 Å². The zero-order valence-corrected chi connectivity index (χ0v) is 10.9. The number of nitrogens with one attached hydrogen (secondary N) is 2. The fraction of sp³-hybridized carbons (Fsp3) is 0.417. The van der Waals surface area contributed by atoms with E-state index in [0.717, 1.165) is 17.9 Å². The van der Waals surface area contributed by atoms with Gasteiger partial charge in [0.15, 0.2) is 5.11 Å². The summed E-state index contributed by atoms with van der Waals surface area (Å²) in [5.41, 5.74) is 0.831. The largest absolute Gasteiger partial charge is 0.497 e. The van der Waals surface area contributed by atoms with Crippen LogP contribution in [0.25, 0.3) is 0 Å². The van der Waals surface area contributed by atoms with Gasteiger partial charge in [0.05, 0.1) is 13.2 Å². The Morgan fingerprint density at radius 3 is 2.53 bits per heavy atom. The first-order valence-corrected chi connectivity index (χ1v) is 5.92. The minimum atomic E-state index is -0.586. The van der Waals surface area contributed by atoms with Crippen molar-refractivity contribution in [1.82, 2.24) is 10.6 Å². The number of aliphatic hydroxyl groups excluding tert-OH is 1. The number of hydrogen-bond donors (Lipinski definition) is 3. The predicted molar refractivity (Wildman–Crippen MR) is 72.2 cm³/mol. The van der Waals surface area contributed by atoms with Crippen molar-refractivity contribution >= 4 is 17.3 Å². The second-order valence-electron chi connectivity index (χ2n) is 3.53. The highest BCUT2D eigenvalue weighted by atomic mass is 32.1. The Balaban J connectivity index is 2.46. The van der Waals surface area contributed by atoms with E-state index in [2.05, 4.69) is 10.6 Å². The molecule has 0 amide bonds. The van der Waals surface area contributed by atoms with Crippen LogP contribution in [0.5, 0.6) is 5.75 Å². The molecule has 0 heterocycles. The molecule has 0 aliphatic heterocycles. The SMILES string of the molecule is CCNC(=S)NCC(O)c1ccc(OC)cc1. The van der Waals surface area contributed by atoms with Gasteiger partial charge in [-0.1, -0.05) is 12.1 Å². The summed E-state index contributed by atoms with van der Waals surface area (Å²) in [5, 5.41) is 16.4. The van der Waals surface area contributed by atoms with Crippen LogP contribution in [-0.2, 0) is 0 Å². The van der Waals surface area contributed by atoms with Crippen LogP contribution >= 0.6 is 12.2 Å². The number of aliphatic hydroxyl groups is 1. The third-order valence-electron chi connectivity index (χ3n) is 2.29. The van der Waals surface area contributed by atoms with Crippen molar-refractivity contribution in [3.63, 3.8) is 0 Å². The molecule has 17 heavy (non-hydrogen) atoms. The normalized spacial score (nSPS) is 11.7. The molecule has 1 aromatic rings. The van der Waals surface area contributed by atoms with Crippen LogP contribution in [0, 0.1) is 0 Å². The molecular weight excluding hydrogens is 236 g/mol. The van der Waals surface area contributed by atoms with E-state index in [9.17, 15) is 5.11 Å². The first-order valence-electron chi connectivity index (χ1n) is 5.51. The Bertz CT molecular complexity index is 354. The van der Waals surface area contributed by atoms with Crippen molar-refractivity contribution in [1.29, 1.82) is 0 Å². The Labute approximate surface area is 107 Å². The average molecular weight is 254 g/mol. The van der Waals surface area contributed by atoms with Crippen LogP contribution in [0.3, 0.4) is 0 Å². The molecule has 0 radical (unpaired) electrons. The lowest BCUT2D eigenvalue weighted by Gasteiger charge is -2.14. The standard InChI is InChI=1S/C12H18N2O2S/c1-3-13-12(17)14-8-11(15)9-4-6-10(16-2)7-5-9/h4-7,11,15H,3,8H2,1-2H3,(H2,13,14,17).